The first kappa shape index (κ1) is 25.8. The molecule has 1 N–H and O–H groups in total. The zero-order valence-corrected chi connectivity index (χ0v) is 20.4. The molecule has 182 valence electrons. The summed E-state index contributed by atoms with van der Waals surface area (Å²) in [5.74, 6) is -1.67. The zero-order chi connectivity index (χ0) is 24.8. The van der Waals surface area contributed by atoms with Crippen molar-refractivity contribution in [2.45, 2.75) is 36.0 Å². The van der Waals surface area contributed by atoms with Crippen LogP contribution in [-0.2, 0) is 26.2 Å². The molecule has 3 aromatic rings. The molecule has 5 nitrogen and oxygen atoms in total. The largest absolute Gasteiger partial charge is 0.381 e. The summed E-state index contributed by atoms with van der Waals surface area (Å²) in [5.41, 5.74) is 1.52. The van der Waals surface area contributed by atoms with Crippen molar-refractivity contribution >= 4 is 25.4 Å². The number of halogens is 2. The summed E-state index contributed by atoms with van der Waals surface area (Å²) in [4.78, 5) is -0.0189. The minimum Gasteiger partial charge on any atom is -0.381 e. The second-order valence-corrected chi connectivity index (χ2v) is 12.6. The fourth-order valence-electron chi connectivity index (χ4n) is 3.66. The van der Waals surface area contributed by atoms with Crippen molar-refractivity contribution in [2.75, 3.05) is 17.3 Å². The molecule has 0 amide bonds. The second-order valence-electron chi connectivity index (χ2n) is 8.19. The summed E-state index contributed by atoms with van der Waals surface area (Å²) < 4.78 is 78.1. The minimum atomic E-state index is -4.08. The van der Waals surface area contributed by atoms with E-state index in [1.807, 2.05) is 30.3 Å². The molecule has 0 radical (unpaired) electrons. The number of unbranched alkanes of at least 4 members (excludes halogenated alkanes) is 1. The minimum absolute atomic E-state index is 0.0189. The molecule has 3 aromatic carbocycles. The van der Waals surface area contributed by atoms with E-state index in [1.165, 1.54) is 12.1 Å². The number of anilines is 1. The molecule has 0 aromatic heterocycles. The summed E-state index contributed by atoms with van der Waals surface area (Å²) in [7, 11) is -7.29. The Hall–Kier alpha value is -2.78. The maximum atomic E-state index is 14.6. The van der Waals surface area contributed by atoms with Gasteiger partial charge in [-0.1, -0.05) is 36.8 Å². The van der Waals surface area contributed by atoms with Crippen LogP contribution in [0.15, 0.2) is 77.7 Å². The van der Waals surface area contributed by atoms with E-state index in [0.29, 0.717) is 12.2 Å². The number of sulfone groups is 2. The summed E-state index contributed by atoms with van der Waals surface area (Å²) in [5, 5.41) is 1.87. The number of nitrogens with one attached hydrogen (secondary N) is 1. The molecule has 0 bridgehead atoms. The maximum Gasteiger partial charge on any atom is 0.185 e. The standard InChI is InChI=1S/C25H27F2NO4S2/c1-33(29,30)16-6-5-9-25(23-17-20(26)10-15-24(23)27)34(31,32)22-13-11-21(12-14-22)28-18-19-7-3-2-4-8-19/h2-4,7-8,10-15,17,25,28H,5-6,9,16,18H2,1H3. The third kappa shape index (κ3) is 7.11. The molecule has 0 saturated carbocycles. The van der Waals surface area contributed by atoms with Crippen LogP contribution in [0.25, 0.3) is 0 Å². The number of rotatable bonds is 11. The summed E-state index contributed by atoms with van der Waals surface area (Å²) in [6.07, 6.45) is 1.51. The van der Waals surface area contributed by atoms with Gasteiger partial charge in [0.05, 0.1) is 10.1 Å². The molecule has 0 aliphatic rings. The van der Waals surface area contributed by atoms with Gasteiger partial charge in [-0.3, -0.25) is 0 Å². The average molecular weight is 508 g/mol. The van der Waals surface area contributed by atoms with Gasteiger partial charge in [-0.2, -0.15) is 0 Å². The van der Waals surface area contributed by atoms with Crippen molar-refractivity contribution in [3.8, 4) is 0 Å². The highest BCUT2D eigenvalue weighted by Gasteiger charge is 2.31. The van der Waals surface area contributed by atoms with E-state index >= 15 is 0 Å². The van der Waals surface area contributed by atoms with Crippen LogP contribution in [0.5, 0.6) is 0 Å². The van der Waals surface area contributed by atoms with Crippen molar-refractivity contribution in [1.29, 1.82) is 0 Å². The quantitative estimate of drug-likeness (QED) is 0.356. The molecule has 1 unspecified atom stereocenters. The highest BCUT2D eigenvalue weighted by atomic mass is 32.2. The lowest BCUT2D eigenvalue weighted by atomic mass is 10.1. The van der Waals surface area contributed by atoms with E-state index in [-0.39, 0.29) is 35.5 Å². The number of benzene rings is 3. The van der Waals surface area contributed by atoms with Crippen LogP contribution in [0.3, 0.4) is 0 Å². The van der Waals surface area contributed by atoms with Gasteiger partial charge >= 0.3 is 0 Å². The zero-order valence-electron chi connectivity index (χ0n) is 18.7. The topological polar surface area (TPSA) is 80.3 Å². The predicted octanol–water partition coefficient (Wildman–Crippen LogP) is 5.31. The van der Waals surface area contributed by atoms with Gasteiger partial charge in [0.15, 0.2) is 9.84 Å². The smallest absolute Gasteiger partial charge is 0.185 e. The maximum absolute atomic E-state index is 14.6. The predicted molar refractivity (Wildman–Crippen MR) is 130 cm³/mol. The van der Waals surface area contributed by atoms with Gasteiger partial charge < -0.3 is 5.32 Å². The lowest BCUT2D eigenvalue weighted by Gasteiger charge is -2.19. The molecular formula is C25H27F2NO4S2. The van der Waals surface area contributed by atoms with Gasteiger partial charge in [0.2, 0.25) is 0 Å². The lowest BCUT2D eigenvalue weighted by Crippen LogP contribution is -2.16. The van der Waals surface area contributed by atoms with E-state index in [4.69, 9.17) is 0 Å². The van der Waals surface area contributed by atoms with Gasteiger partial charge in [-0.05, 0) is 60.9 Å². The van der Waals surface area contributed by atoms with E-state index in [0.717, 1.165) is 30.0 Å². The van der Waals surface area contributed by atoms with Gasteiger partial charge in [0.1, 0.15) is 21.5 Å². The van der Waals surface area contributed by atoms with Gasteiger partial charge in [-0.25, -0.2) is 25.6 Å². The molecule has 0 heterocycles. The van der Waals surface area contributed by atoms with Gasteiger partial charge in [0.25, 0.3) is 0 Å². The summed E-state index contributed by atoms with van der Waals surface area (Å²) >= 11 is 0. The summed E-state index contributed by atoms with van der Waals surface area (Å²) in [6.45, 7) is 0.560. The molecule has 3 rings (SSSR count). The monoisotopic (exact) mass is 507 g/mol. The van der Waals surface area contributed by atoms with Crippen molar-refractivity contribution in [3.05, 3.63) is 95.6 Å². The third-order valence-corrected chi connectivity index (χ3v) is 8.63. The fraction of sp³-hybridized carbons (Fsp3) is 0.280. The van der Waals surface area contributed by atoms with Crippen LogP contribution in [0.2, 0.25) is 0 Å². The first-order valence-electron chi connectivity index (χ1n) is 10.8. The molecule has 0 aliphatic carbocycles. The molecule has 0 aliphatic heterocycles. The van der Waals surface area contributed by atoms with Crippen LogP contribution in [-0.4, -0.2) is 28.8 Å². The van der Waals surface area contributed by atoms with E-state index < -0.39 is 36.6 Å². The second kappa shape index (κ2) is 11.1. The van der Waals surface area contributed by atoms with E-state index in [2.05, 4.69) is 5.32 Å². The molecule has 1 atom stereocenters. The first-order chi connectivity index (χ1) is 16.1. The molecule has 34 heavy (non-hydrogen) atoms. The average Bonchev–Trinajstić information content (AvgIpc) is 2.79. The Labute approximate surface area is 199 Å². The van der Waals surface area contributed by atoms with Crippen molar-refractivity contribution in [1.82, 2.24) is 0 Å². The van der Waals surface area contributed by atoms with Gasteiger partial charge in [-0.15, -0.1) is 0 Å². The highest BCUT2D eigenvalue weighted by molar-refractivity contribution is 7.91. The number of hydrogen-bond acceptors (Lipinski definition) is 5. The molecular weight excluding hydrogens is 480 g/mol. The fourth-order valence-corrected chi connectivity index (χ4v) is 6.22. The normalized spacial score (nSPS) is 12.9. The Morgan fingerprint density at radius 2 is 1.53 bits per heavy atom. The van der Waals surface area contributed by atoms with Crippen LogP contribution in [0, 0.1) is 11.6 Å². The summed E-state index contributed by atoms with van der Waals surface area (Å²) in [6, 6.07) is 18.5. The first-order valence-corrected chi connectivity index (χ1v) is 14.4. The Bertz CT molecular complexity index is 1310. The molecule has 0 saturated heterocycles. The van der Waals surface area contributed by atoms with Crippen molar-refractivity contribution < 1.29 is 25.6 Å². The van der Waals surface area contributed by atoms with Crippen molar-refractivity contribution in [2.24, 2.45) is 0 Å². The van der Waals surface area contributed by atoms with Crippen molar-refractivity contribution in [3.63, 3.8) is 0 Å². The Morgan fingerprint density at radius 1 is 0.853 bits per heavy atom. The van der Waals surface area contributed by atoms with Gasteiger partial charge in [0, 0.05) is 29.8 Å². The Balaban J connectivity index is 1.82. The molecule has 0 fully saturated rings. The van der Waals surface area contributed by atoms with E-state index in [9.17, 15) is 25.6 Å². The van der Waals surface area contributed by atoms with Crippen LogP contribution in [0.4, 0.5) is 14.5 Å². The Morgan fingerprint density at radius 3 is 2.18 bits per heavy atom. The van der Waals surface area contributed by atoms with E-state index in [1.54, 1.807) is 12.1 Å². The van der Waals surface area contributed by atoms with Crippen LogP contribution in [0.1, 0.15) is 35.6 Å². The SMILES string of the molecule is CS(=O)(=O)CCCCC(c1cc(F)ccc1F)S(=O)(=O)c1ccc(NCc2ccccc2)cc1. The van der Waals surface area contributed by atoms with Crippen LogP contribution >= 0.6 is 0 Å². The lowest BCUT2D eigenvalue weighted by molar-refractivity contribution is 0.543. The van der Waals surface area contributed by atoms with Crippen LogP contribution < -0.4 is 5.32 Å². The number of hydrogen-bond donors (Lipinski definition) is 1. The highest BCUT2D eigenvalue weighted by Crippen LogP contribution is 2.35. The molecule has 9 heteroatoms. The third-order valence-electron chi connectivity index (χ3n) is 5.43. The Kier molecular flexibility index (Phi) is 8.43. The molecule has 0 spiro atoms.